The molecule has 174 valence electrons. The SMILES string of the molecule is CCc1ccc(N(C(=O)COc2ccc(C)cc2C(C)(C)C)S(=O)(=O)c2ccccc2)cc1. The maximum absolute atomic E-state index is 13.5. The summed E-state index contributed by atoms with van der Waals surface area (Å²) < 4.78 is 33.7. The Morgan fingerprint density at radius 1 is 0.939 bits per heavy atom. The number of nitrogens with zero attached hydrogens (tertiary/aromatic N) is 1. The van der Waals surface area contributed by atoms with Crippen LogP contribution >= 0.6 is 0 Å². The van der Waals surface area contributed by atoms with Crippen LogP contribution in [-0.2, 0) is 26.7 Å². The van der Waals surface area contributed by atoms with Gasteiger partial charge in [0.2, 0.25) is 0 Å². The van der Waals surface area contributed by atoms with Crippen LogP contribution in [0.3, 0.4) is 0 Å². The highest BCUT2D eigenvalue weighted by molar-refractivity contribution is 7.93. The smallest absolute Gasteiger partial charge is 0.278 e. The van der Waals surface area contributed by atoms with Crippen molar-refractivity contribution in [1.29, 1.82) is 0 Å². The molecule has 0 saturated heterocycles. The lowest BCUT2D eigenvalue weighted by atomic mass is 9.85. The van der Waals surface area contributed by atoms with Gasteiger partial charge in [-0.15, -0.1) is 0 Å². The molecule has 0 unspecified atom stereocenters. The molecule has 0 aliphatic rings. The lowest BCUT2D eigenvalue weighted by molar-refractivity contribution is -0.119. The van der Waals surface area contributed by atoms with E-state index in [2.05, 4.69) is 20.8 Å². The van der Waals surface area contributed by atoms with Crippen molar-refractivity contribution in [2.24, 2.45) is 0 Å². The Labute approximate surface area is 197 Å². The molecule has 3 aromatic rings. The van der Waals surface area contributed by atoms with Crippen LogP contribution in [0.15, 0.2) is 77.7 Å². The highest BCUT2D eigenvalue weighted by Crippen LogP contribution is 2.32. The van der Waals surface area contributed by atoms with Crippen molar-refractivity contribution in [3.8, 4) is 5.75 Å². The molecule has 0 saturated carbocycles. The number of carbonyl (C=O) groups is 1. The van der Waals surface area contributed by atoms with Crippen LogP contribution in [0, 0.1) is 6.92 Å². The standard InChI is InChI=1S/C27H31NO4S/c1-6-21-13-15-22(16-14-21)28(33(30,31)23-10-8-7-9-11-23)26(29)19-32-25-17-12-20(2)18-24(25)27(3,4)5/h7-18H,6,19H2,1-5H3. The lowest BCUT2D eigenvalue weighted by Crippen LogP contribution is -2.40. The number of carbonyl (C=O) groups excluding carboxylic acids is 1. The molecule has 0 aliphatic carbocycles. The molecule has 33 heavy (non-hydrogen) atoms. The molecule has 0 atom stereocenters. The fourth-order valence-corrected chi connectivity index (χ4v) is 4.97. The number of anilines is 1. The van der Waals surface area contributed by atoms with Crippen molar-refractivity contribution in [2.45, 2.75) is 51.3 Å². The first-order valence-electron chi connectivity index (χ1n) is 11.0. The summed E-state index contributed by atoms with van der Waals surface area (Å²) in [5.74, 6) is -0.0941. The Morgan fingerprint density at radius 3 is 2.15 bits per heavy atom. The van der Waals surface area contributed by atoms with E-state index in [0.29, 0.717) is 5.75 Å². The van der Waals surface area contributed by atoms with Crippen molar-refractivity contribution in [3.63, 3.8) is 0 Å². The van der Waals surface area contributed by atoms with E-state index in [-0.39, 0.29) is 16.0 Å². The van der Waals surface area contributed by atoms with Crippen LogP contribution in [-0.4, -0.2) is 20.9 Å². The van der Waals surface area contributed by atoms with Gasteiger partial charge < -0.3 is 4.74 Å². The fraction of sp³-hybridized carbons (Fsp3) is 0.296. The highest BCUT2D eigenvalue weighted by atomic mass is 32.2. The van der Waals surface area contributed by atoms with E-state index < -0.39 is 22.5 Å². The maximum atomic E-state index is 13.5. The summed E-state index contributed by atoms with van der Waals surface area (Å²) in [6.07, 6.45) is 0.811. The Hall–Kier alpha value is -3.12. The summed E-state index contributed by atoms with van der Waals surface area (Å²) in [7, 11) is -4.12. The minimum Gasteiger partial charge on any atom is -0.483 e. The van der Waals surface area contributed by atoms with Gasteiger partial charge in [-0.2, -0.15) is 4.31 Å². The number of hydrogen-bond donors (Lipinski definition) is 0. The average Bonchev–Trinajstić information content (AvgIpc) is 2.78. The second-order valence-corrected chi connectivity index (χ2v) is 10.8. The summed E-state index contributed by atoms with van der Waals surface area (Å²) >= 11 is 0. The Balaban J connectivity index is 1.97. The minimum atomic E-state index is -4.12. The predicted molar refractivity (Wildman–Crippen MR) is 132 cm³/mol. The molecular weight excluding hydrogens is 434 g/mol. The van der Waals surface area contributed by atoms with Gasteiger partial charge in [-0.05, 0) is 60.2 Å². The fourth-order valence-electron chi connectivity index (χ4n) is 3.54. The number of amides is 1. The van der Waals surface area contributed by atoms with Gasteiger partial charge in [0.1, 0.15) is 5.75 Å². The van der Waals surface area contributed by atoms with Gasteiger partial charge in [0, 0.05) is 0 Å². The number of rotatable bonds is 7. The Bertz CT molecular complexity index is 1210. The normalized spacial score (nSPS) is 11.8. The van der Waals surface area contributed by atoms with Gasteiger partial charge in [0.15, 0.2) is 6.61 Å². The molecule has 3 aromatic carbocycles. The molecule has 5 nitrogen and oxygen atoms in total. The first kappa shape index (κ1) is 24.5. The van der Waals surface area contributed by atoms with Gasteiger partial charge in [-0.25, -0.2) is 8.42 Å². The van der Waals surface area contributed by atoms with Crippen molar-refractivity contribution < 1.29 is 17.9 Å². The van der Waals surface area contributed by atoms with Crippen molar-refractivity contribution >= 4 is 21.6 Å². The zero-order valence-electron chi connectivity index (χ0n) is 19.8. The number of hydrogen-bond acceptors (Lipinski definition) is 4. The van der Waals surface area contributed by atoms with Gasteiger partial charge in [0.05, 0.1) is 10.6 Å². The number of sulfonamides is 1. The van der Waals surface area contributed by atoms with Crippen LogP contribution in [0.2, 0.25) is 0 Å². The quantitative estimate of drug-likeness (QED) is 0.452. The van der Waals surface area contributed by atoms with E-state index >= 15 is 0 Å². The van der Waals surface area contributed by atoms with Crippen LogP contribution in [0.4, 0.5) is 5.69 Å². The topological polar surface area (TPSA) is 63.7 Å². The van der Waals surface area contributed by atoms with Gasteiger partial charge >= 0.3 is 0 Å². The maximum Gasteiger partial charge on any atom is 0.278 e. The third-order valence-electron chi connectivity index (χ3n) is 5.38. The molecular formula is C27H31NO4S. The third kappa shape index (κ3) is 5.63. The molecule has 0 N–H and O–H groups in total. The molecule has 0 aliphatic heterocycles. The number of aryl methyl sites for hydroxylation is 2. The van der Waals surface area contributed by atoms with E-state index in [9.17, 15) is 13.2 Å². The van der Waals surface area contributed by atoms with E-state index in [4.69, 9.17) is 4.74 Å². The third-order valence-corrected chi connectivity index (χ3v) is 7.14. The zero-order chi connectivity index (χ0) is 24.2. The molecule has 0 heterocycles. The summed E-state index contributed by atoms with van der Waals surface area (Å²) in [5.41, 5.74) is 3.18. The summed E-state index contributed by atoms with van der Waals surface area (Å²) in [5, 5.41) is 0. The molecule has 0 spiro atoms. The summed E-state index contributed by atoms with van der Waals surface area (Å²) in [6, 6.07) is 20.7. The first-order valence-corrected chi connectivity index (χ1v) is 12.4. The summed E-state index contributed by atoms with van der Waals surface area (Å²) in [6.45, 7) is 9.81. The Morgan fingerprint density at radius 2 is 1.58 bits per heavy atom. The summed E-state index contributed by atoms with van der Waals surface area (Å²) in [4.78, 5) is 13.4. The lowest BCUT2D eigenvalue weighted by Gasteiger charge is -2.25. The molecule has 0 fully saturated rings. The second-order valence-electron chi connectivity index (χ2n) is 9.03. The van der Waals surface area contributed by atoms with E-state index in [0.717, 1.165) is 27.4 Å². The Kier molecular flexibility index (Phi) is 7.28. The average molecular weight is 466 g/mol. The predicted octanol–water partition coefficient (Wildman–Crippen LogP) is 5.66. The first-order chi connectivity index (χ1) is 15.5. The van der Waals surface area contributed by atoms with E-state index in [1.54, 1.807) is 30.3 Å². The van der Waals surface area contributed by atoms with Gasteiger partial charge in [-0.3, -0.25) is 4.79 Å². The second kappa shape index (κ2) is 9.79. The highest BCUT2D eigenvalue weighted by Gasteiger charge is 2.31. The molecule has 0 aromatic heterocycles. The van der Waals surface area contributed by atoms with Crippen molar-refractivity contribution in [2.75, 3.05) is 10.9 Å². The molecule has 3 rings (SSSR count). The van der Waals surface area contributed by atoms with E-state index in [1.165, 1.54) is 12.1 Å². The van der Waals surface area contributed by atoms with Crippen LogP contribution in [0.25, 0.3) is 0 Å². The molecule has 0 radical (unpaired) electrons. The zero-order valence-corrected chi connectivity index (χ0v) is 20.6. The van der Waals surface area contributed by atoms with Crippen LogP contribution in [0.5, 0.6) is 5.75 Å². The molecule has 0 bridgehead atoms. The monoisotopic (exact) mass is 465 g/mol. The van der Waals surface area contributed by atoms with Crippen molar-refractivity contribution in [1.82, 2.24) is 0 Å². The van der Waals surface area contributed by atoms with Crippen LogP contribution < -0.4 is 9.04 Å². The van der Waals surface area contributed by atoms with Gasteiger partial charge in [0.25, 0.3) is 15.9 Å². The van der Waals surface area contributed by atoms with E-state index in [1.807, 2.05) is 44.2 Å². The van der Waals surface area contributed by atoms with Gasteiger partial charge in [-0.1, -0.05) is 75.7 Å². The van der Waals surface area contributed by atoms with Crippen LogP contribution in [0.1, 0.15) is 44.4 Å². The minimum absolute atomic E-state index is 0.0450. The number of ether oxygens (including phenoxy) is 1. The number of benzene rings is 3. The molecule has 6 heteroatoms. The largest absolute Gasteiger partial charge is 0.483 e. The molecule has 1 amide bonds. The van der Waals surface area contributed by atoms with Crippen molar-refractivity contribution in [3.05, 3.63) is 89.5 Å².